The molecule has 8 nitrogen and oxygen atoms in total. The van der Waals surface area contributed by atoms with Crippen LogP contribution in [0.15, 0.2) is 18.2 Å². The van der Waals surface area contributed by atoms with Crippen molar-refractivity contribution in [3.63, 3.8) is 0 Å². The van der Waals surface area contributed by atoms with Crippen molar-refractivity contribution in [1.29, 1.82) is 0 Å². The molecule has 0 aromatic heterocycles. The zero-order chi connectivity index (χ0) is 19.7. The van der Waals surface area contributed by atoms with Gasteiger partial charge in [0, 0.05) is 69.4 Å². The molecule has 3 heterocycles. The van der Waals surface area contributed by atoms with Crippen LogP contribution in [-0.4, -0.2) is 72.0 Å². The number of amides is 3. The van der Waals surface area contributed by atoms with Crippen LogP contribution in [0, 0.1) is 0 Å². The van der Waals surface area contributed by atoms with Crippen LogP contribution in [0.3, 0.4) is 0 Å². The number of imide groups is 1. The smallest absolute Gasteiger partial charge is 0.371 e. The van der Waals surface area contributed by atoms with E-state index in [0.717, 1.165) is 24.7 Å². The van der Waals surface area contributed by atoms with E-state index in [0.29, 0.717) is 31.2 Å². The molecule has 150 valence electrons. The summed E-state index contributed by atoms with van der Waals surface area (Å²) in [5.41, 5.74) is 2.42. The van der Waals surface area contributed by atoms with E-state index in [1.807, 2.05) is 12.1 Å². The molecule has 1 aromatic carbocycles. The lowest BCUT2D eigenvalue weighted by atomic mass is 10.1. The molecule has 4 rings (SSSR count). The maximum absolute atomic E-state index is 12.3. The molecule has 0 atom stereocenters. The maximum Gasteiger partial charge on any atom is 0.434 e. The van der Waals surface area contributed by atoms with E-state index in [-0.39, 0.29) is 12.8 Å². The summed E-state index contributed by atoms with van der Waals surface area (Å²) in [5.74, 6) is -0.920. The highest BCUT2D eigenvalue weighted by Crippen LogP contribution is 2.29. The molecule has 0 aliphatic carbocycles. The number of carbonyl (C=O) groups excluding carboxylic acids is 3. The van der Waals surface area contributed by atoms with Crippen molar-refractivity contribution in [1.82, 2.24) is 14.9 Å². The number of halogens is 1. The van der Waals surface area contributed by atoms with Gasteiger partial charge in [-0.2, -0.15) is 0 Å². The molecule has 3 saturated heterocycles. The van der Waals surface area contributed by atoms with Crippen molar-refractivity contribution in [3.05, 3.63) is 28.8 Å². The van der Waals surface area contributed by atoms with Gasteiger partial charge in [-0.3, -0.25) is 14.5 Å². The average Bonchev–Trinajstić information content (AvgIpc) is 2.95. The van der Waals surface area contributed by atoms with Gasteiger partial charge in [-0.15, -0.1) is 5.06 Å². The van der Waals surface area contributed by atoms with Crippen LogP contribution < -0.4 is 4.90 Å². The van der Waals surface area contributed by atoms with Gasteiger partial charge in [-0.1, -0.05) is 17.7 Å². The summed E-state index contributed by atoms with van der Waals surface area (Å²) in [6.07, 6.45) is 0.756. The molecule has 0 radical (unpaired) electrons. The van der Waals surface area contributed by atoms with E-state index in [2.05, 4.69) is 15.9 Å². The van der Waals surface area contributed by atoms with Crippen LogP contribution in [0.5, 0.6) is 0 Å². The molecular weight excluding hydrogens is 384 g/mol. The highest BCUT2D eigenvalue weighted by Gasteiger charge is 2.35. The predicted molar refractivity (Wildman–Crippen MR) is 103 cm³/mol. The fourth-order valence-electron chi connectivity index (χ4n) is 3.65. The third kappa shape index (κ3) is 3.93. The monoisotopic (exact) mass is 406 g/mol. The van der Waals surface area contributed by atoms with Gasteiger partial charge < -0.3 is 14.6 Å². The topological polar surface area (TPSA) is 73.4 Å². The molecule has 1 aromatic rings. The van der Waals surface area contributed by atoms with Crippen molar-refractivity contribution in [2.45, 2.75) is 25.8 Å². The van der Waals surface area contributed by atoms with Crippen LogP contribution in [0.2, 0.25) is 5.02 Å². The molecule has 3 aliphatic rings. The number of carbonyl (C=O) groups is 3. The van der Waals surface area contributed by atoms with Crippen LogP contribution in [-0.2, 0) is 21.0 Å². The lowest BCUT2D eigenvalue weighted by Crippen LogP contribution is -2.50. The first-order valence-electron chi connectivity index (χ1n) is 9.59. The molecular formula is C19H23ClN4O4. The van der Waals surface area contributed by atoms with Gasteiger partial charge in [0.2, 0.25) is 0 Å². The Hall–Kier alpha value is -2.32. The molecule has 0 N–H and O–H groups in total. The second-order valence-electron chi connectivity index (χ2n) is 7.32. The molecule has 3 aliphatic heterocycles. The third-order valence-electron chi connectivity index (χ3n) is 5.44. The Balaban J connectivity index is 1.32. The Morgan fingerprint density at radius 3 is 2.29 bits per heavy atom. The number of hydroxylamine groups is 2. The van der Waals surface area contributed by atoms with Gasteiger partial charge in [-0.25, -0.2) is 4.79 Å². The number of anilines is 1. The molecule has 0 spiro atoms. The SMILES string of the molecule is O=C(ON1C(=O)CCC1=O)N1CCN(Cc2ccc(Cl)cc2N2CCC2)CC1. The molecule has 28 heavy (non-hydrogen) atoms. The molecule has 3 fully saturated rings. The summed E-state index contributed by atoms with van der Waals surface area (Å²) in [5, 5.41) is 1.34. The summed E-state index contributed by atoms with van der Waals surface area (Å²) in [7, 11) is 0. The lowest BCUT2D eigenvalue weighted by molar-refractivity contribution is -0.174. The highest BCUT2D eigenvalue weighted by molar-refractivity contribution is 6.30. The summed E-state index contributed by atoms with van der Waals surface area (Å²) < 4.78 is 0. The molecule has 0 saturated carbocycles. The Labute approximate surface area is 168 Å². The molecule has 9 heteroatoms. The van der Waals surface area contributed by atoms with Gasteiger partial charge in [-0.05, 0) is 24.1 Å². The first-order valence-corrected chi connectivity index (χ1v) is 9.97. The van der Waals surface area contributed by atoms with Crippen molar-refractivity contribution < 1.29 is 19.2 Å². The van der Waals surface area contributed by atoms with E-state index in [1.54, 1.807) is 0 Å². The van der Waals surface area contributed by atoms with E-state index in [1.165, 1.54) is 22.6 Å². The minimum Gasteiger partial charge on any atom is -0.371 e. The van der Waals surface area contributed by atoms with Gasteiger partial charge in [0.05, 0.1) is 0 Å². The zero-order valence-corrected chi connectivity index (χ0v) is 16.4. The van der Waals surface area contributed by atoms with Crippen molar-refractivity contribution in [2.75, 3.05) is 44.2 Å². The highest BCUT2D eigenvalue weighted by atomic mass is 35.5. The first kappa shape index (κ1) is 19.0. The second-order valence-corrected chi connectivity index (χ2v) is 7.75. The second kappa shape index (κ2) is 7.97. The van der Waals surface area contributed by atoms with Crippen LogP contribution >= 0.6 is 11.6 Å². The van der Waals surface area contributed by atoms with Gasteiger partial charge in [0.1, 0.15) is 0 Å². The van der Waals surface area contributed by atoms with E-state index < -0.39 is 17.9 Å². The van der Waals surface area contributed by atoms with Crippen LogP contribution in [0.4, 0.5) is 10.5 Å². The Morgan fingerprint density at radius 1 is 1.00 bits per heavy atom. The minimum absolute atomic E-state index is 0.0976. The average molecular weight is 407 g/mol. The van der Waals surface area contributed by atoms with E-state index in [9.17, 15) is 14.4 Å². The lowest BCUT2D eigenvalue weighted by Gasteiger charge is -2.37. The molecule has 0 bridgehead atoms. The maximum atomic E-state index is 12.3. The third-order valence-corrected chi connectivity index (χ3v) is 5.68. The fourth-order valence-corrected chi connectivity index (χ4v) is 3.81. The summed E-state index contributed by atoms with van der Waals surface area (Å²) in [6, 6.07) is 6.01. The standard InChI is InChI=1S/C19H23ClN4O4/c20-15-3-2-14(16(12-15)22-6-1-7-22)13-21-8-10-23(11-9-21)19(27)28-24-17(25)4-5-18(24)26/h2-3,12H,1,4-11,13H2. The first-order chi connectivity index (χ1) is 13.5. The summed E-state index contributed by atoms with van der Waals surface area (Å²) in [6.45, 7) is 5.26. The van der Waals surface area contributed by atoms with E-state index >= 15 is 0 Å². The quantitative estimate of drug-likeness (QED) is 0.711. The van der Waals surface area contributed by atoms with Crippen LogP contribution in [0.1, 0.15) is 24.8 Å². The van der Waals surface area contributed by atoms with E-state index in [4.69, 9.17) is 16.4 Å². The summed E-state index contributed by atoms with van der Waals surface area (Å²) >= 11 is 6.18. The number of hydrogen-bond acceptors (Lipinski definition) is 6. The number of rotatable bonds is 4. The predicted octanol–water partition coefficient (Wildman–Crippen LogP) is 1.87. The van der Waals surface area contributed by atoms with Crippen molar-refractivity contribution in [2.24, 2.45) is 0 Å². The molecule has 0 unspecified atom stereocenters. The minimum atomic E-state index is -0.643. The van der Waals surface area contributed by atoms with Gasteiger partial charge in [0.15, 0.2) is 0 Å². The number of piperazine rings is 1. The van der Waals surface area contributed by atoms with Gasteiger partial charge in [0.25, 0.3) is 11.8 Å². The Kier molecular flexibility index (Phi) is 5.41. The fraction of sp³-hybridized carbons (Fsp3) is 0.526. The van der Waals surface area contributed by atoms with Crippen molar-refractivity contribution >= 4 is 35.2 Å². The zero-order valence-electron chi connectivity index (χ0n) is 15.6. The van der Waals surface area contributed by atoms with Crippen LogP contribution in [0.25, 0.3) is 0 Å². The largest absolute Gasteiger partial charge is 0.434 e. The number of nitrogens with zero attached hydrogens (tertiary/aromatic N) is 4. The number of hydrogen-bond donors (Lipinski definition) is 0. The number of benzene rings is 1. The summed E-state index contributed by atoms with van der Waals surface area (Å²) in [4.78, 5) is 46.6. The normalized spacial score (nSPS) is 20.5. The molecule has 3 amide bonds. The Bertz CT molecular complexity index is 774. The van der Waals surface area contributed by atoms with Gasteiger partial charge >= 0.3 is 6.09 Å². The van der Waals surface area contributed by atoms with Crippen molar-refractivity contribution in [3.8, 4) is 0 Å². The Morgan fingerprint density at radius 2 is 1.68 bits per heavy atom.